The van der Waals surface area contributed by atoms with Crippen LogP contribution in [0.5, 0.6) is 0 Å². The van der Waals surface area contributed by atoms with Gasteiger partial charge in [-0.15, -0.1) is 0 Å². The second-order valence-electron chi connectivity index (χ2n) is 2.27. The van der Waals surface area contributed by atoms with Crippen LogP contribution in [0.4, 0.5) is 0 Å². The number of rotatable bonds is 2. The van der Waals surface area contributed by atoms with E-state index < -0.39 is 0 Å². The third-order valence-electron chi connectivity index (χ3n) is 1.49. The number of allylic oxidation sites excluding steroid dienone is 3. The second kappa shape index (κ2) is 3.83. The summed E-state index contributed by atoms with van der Waals surface area (Å²) in [5, 5.41) is 8.66. The van der Waals surface area contributed by atoms with E-state index in [1.54, 1.807) is 23.8 Å². The van der Waals surface area contributed by atoms with Crippen molar-refractivity contribution in [2.24, 2.45) is 0 Å². The van der Waals surface area contributed by atoms with Crippen LogP contribution in [0.2, 0.25) is 0 Å². The molecule has 0 spiro atoms. The third kappa shape index (κ3) is 1.74. The first-order chi connectivity index (χ1) is 5.69. The van der Waals surface area contributed by atoms with Crippen molar-refractivity contribution in [3.63, 3.8) is 0 Å². The Bertz CT molecular complexity index is 312. The summed E-state index contributed by atoms with van der Waals surface area (Å²) in [7, 11) is 0. The summed E-state index contributed by atoms with van der Waals surface area (Å²) in [6.07, 6.45) is 2.43. The van der Waals surface area contributed by atoms with Gasteiger partial charge in [-0.1, -0.05) is 0 Å². The van der Waals surface area contributed by atoms with Crippen LogP contribution >= 0.6 is 0 Å². The zero-order valence-corrected chi connectivity index (χ0v) is 8.12. The Labute approximate surface area is 80.2 Å². The van der Waals surface area contributed by atoms with Gasteiger partial charge >= 0.3 is 79.9 Å². The molecule has 4 heteroatoms. The average molecular weight is 246 g/mol. The normalized spacial score (nSPS) is 17.1. The molecular weight excluding hydrogens is 240 g/mol. The van der Waals surface area contributed by atoms with Crippen LogP contribution in [-0.2, 0) is 28.9 Å². The molecule has 1 aliphatic rings. The molecule has 0 heterocycles. The molecule has 3 nitrogen and oxygen atoms in total. The Morgan fingerprint density at radius 3 is 2.50 bits per heavy atom. The number of carbonyl (C=O) groups is 2. The molecule has 0 aliphatic heterocycles. The van der Waals surface area contributed by atoms with Gasteiger partial charge in [0.15, 0.2) is 0 Å². The number of hydrogen-bond donors (Lipinski definition) is 1. The molecule has 0 radical (unpaired) electrons. The molecule has 0 fully saturated rings. The maximum atomic E-state index is 11.1. The van der Waals surface area contributed by atoms with E-state index in [1.165, 1.54) is 12.2 Å². The minimum atomic E-state index is -0.376. The molecule has 0 aromatic heterocycles. The molecule has 0 aromatic carbocycles. The Morgan fingerprint density at radius 1 is 1.33 bits per heavy atom. The number of aliphatic hydroxyl groups is 1. The van der Waals surface area contributed by atoms with Crippen molar-refractivity contribution in [3.8, 4) is 0 Å². The van der Waals surface area contributed by atoms with Crippen molar-refractivity contribution in [2.75, 3.05) is 6.61 Å². The fourth-order valence-corrected chi connectivity index (χ4v) is 1.29. The standard InChI is InChI=1S/C8H6O3.Mo/c1-5-2-8(11)6(4-9)3-7(5)10;/h1-3,9H,4H2;. The predicted octanol–water partition coefficient (Wildman–Crippen LogP) is -0.668. The number of carbonyl (C=O) groups excluding carboxylic acids is 2. The summed E-state index contributed by atoms with van der Waals surface area (Å²) in [6, 6.07) is 0. The van der Waals surface area contributed by atoms with Gasteiger partial charge in [0.2, 0.25) is 0 Å². The quantitative estimate of drug-likeness (QED) is 0.519. The first-order valence-corrected chi connectivity index (χ1v) is 4.42. The van der Waals surface area contributed by atoms with Gasteiger partial charge in [-0.3, -0.25) is 0 Å². The van der Waals surface area contributed by atoms with Crippen LogP contribution in [-0.4, -0.2) is 27.7 Å². The van der Waals surface area contributed by atoms with Crippen LogP contribution in [0.1, 0.15) is 0 Å². The molecule has 0 saturated heterocycles. The third-order valence-corrected chi connectivity index (χ3v) is 2.11. The van der Waals surface area contributed by atoms with E-state index >= 15 is 0 Å². The van der Waals surface area contributed by atoms with Crippen molar-refractivity contribution in [1.29, 1.82) is 0 Å². The van der Waals surface area contributed by atoms with Crippen molar-refractivity contribution < 1.29 is 34.0 Å². The Balaban J connectivity index is 3.02. The van der Waals surface area contributed by atoms with Crippen molar-refractivity contribution in [3.05, 3.63) is 23.3 Å². The van der Waals surface area contributed by atoms with Crippen LogP contribution in [0, 0.1) is 0 Å². The van der Waals surface area contributed by atoms with Gasteiger partial charge in [-0.2, -0.15) is 0 Å². The van der Waals surface area contributed by atoms with Gasteiger partial charge in [0.25, 0.3) is 0 Å². The molecule has 62 valence electrons. The molecular formula is C8H6MoO3. The van der Waals surface area contributed by atoms with E-state index in [9.17, 15) is 9.59 Å². The summed E-state index contributed by atoms with van der Waals surface area (Å²) in [5.74, 6) is -0.504. The molecule has 1 aliphatic carbocycles. The molecule has 0 atom stereocenters. The van der Waals surface area contributed by atoms with Crippen LogP contribution in [0.15, 0.2) is 23.3 Å². The van der Waals surface area contributed by atoms with E-state index in [0.29, 0.717) is 5.57 Å². The maximum absolute atomic E-state index is 11.1. The van der Waals surface area contributed by atoms with E-state index in [1.807, 2.05) is 0 Å². The van der Waals surface area contributed by atoms with Crippen molar-refractivity contribution >= 4 is 16.0 Å². The monoisotopic (exact) mass is 248 g/mol. The van der Waals surface area contributed by atoms with Gasteiger partial charge in [-0.25, -0.2) is 0 Å². The van der Waals surface area contributed by atoms with Gasteiger partial charge < -0.3 is 0 Å². The van der Waals surface area contributed by atoms with E-state index in [-0.39, 0.29) is 23.7 Å². The Hall–Kier alpha value is -0.662. The van der Waals surface area contributed by atoms with Crippen molar-refractivity contribution in [2.45, 2.75) is 0 Å². The first-order valence-electron chi connectivity index (χ1n) is 3.26. The van der Waals surface area contributed by atoms with Gasteiger partial charge in [0.05, 0.1) is 0 Å². The van der Waals surface area contributed by atoms with Crippen molar-refractivity contribution in [1.82, 2.24) is 0 Å². The summed E-state index contributed by atoms with van der Waals surface area (Å²) >= 11 is 1.62. The summed E-state index contributed by atoms with van der Waals surface area (Å²) in [5.41, 5.74) is 0.550. The Morgan fingerprint density at radius 2 is 2.00 bits per heavy atom. The molecule has 0 unspecified atom stereocenters. The zero-order valence-electron chi connectivity index (χ0n) is 6.11. The van der Waals surface area contributed by atoms with Crippen LogP contribution in [0.3, 0.4) is 0 Å². The molecule has 0 bridgehead atoms. The van der Waals surface area contributed by atoms with E-state index in [2.05, 4.69) is 0 Å². The molecule has 12 heavy (non-hydrogen) atoms. The molecule has 0 saturated carbocycles. The predicted molar refractivity (Wildman–Crippen MR) is 39.3 cm³/mol. The number of ketones is 2. The fraction of sp³-hybridized carbons (Fsp3) is 0.125. The topological polar surface area (TPSA) is 54.4 Å². The fourth-order valence-electron chi connectivity index (χ4n) is 0.833. The summed E-state index contributed by atoms with van der Waals surface area (Å²) in [4.78, 5) is 22.2. The Kier molecular flexibility index (Phi) is 3.01. The molecule has 0 aromatic rings. The number of aliphatic hydroxyl groups excluding tert-OH is 1. The molecule has 1 rings (SSSR count). The summed E-state index contributed by atoms with van der Waals surface area (Å²) in [6.45, 7) is -0.376. The average Bonchev–Trinajstić information content (AvgIpc) is 2.08. The van der Waals surface area contributed by atoms with E-state index in [4.69, 9.17) is 5.11 Å². The van der Waals surface area contributed by atoms with Gasteiger partial charge in [0.1, 0.15) is 0 Å². The SMILES string of the molecule is O=C1C=C(CO)C(=O)C=C1[CH]=[Mo]. The van der Waals surface area contributed by atoms with E-state index in [0.717, 1.165) is 0 Å². The molecule has 1 N–H and O–H groups in total. The second-order valence-corrected chi connectivity index (χ2v) is 2.85. The minimum absolute atomic E-state index is 0.159. The zero-order chi connectivity index (χ0) is 9.14. The first kappa shape index (κ1) is 9.43. The number of hydrogen-bond acceptors (Lipinski definition) is 3. The van der Waals surface area contributed by atoms with Gasteiger partial charge in [-0.05, 0) is 0 Å². The van der Waals surface area contributed by atoms with Crippen LogP contribution in [0.25, 0.3) is 0 Å². The van der Waals surface area contributed by atoms with Gasteiger partial charge in [0, 0.05) is 0 Å². The summed E-state index contributed by atoms with van der Waals surface area (Å²) < 4.78 is 1.58. The van der Waals surface area contributed by atoms with Crippen LogP contribution < -0.4 is 0 Å². The molecule has 0 amide bonds.